The highest BCUT2D eigenvalue weighted by Crippen LogP contribution is 2.18. The maximum atomic E-state index is 11.8. The second-order valence-electron chi connectivity index (χ2n) is 3.32. The van der Waals surface area contributed by atoms with Crippen molar-refractivity contribution < 1.29 is 28.9 Å². The first-order valence-electron chi connectivity index (χ1n) is 5.34. The SMILES string of the molecule is CCc1cccc(C(=O)ON=C=O)c1C(=O)ON=C=O. The summed E-state index contributed by atoms with van der Waals surface area (Å²) in [7, 11) is 0. The fourth-order valence-electron chi connectivity index (χ4n) is 1.52. The zero-order chi connectivity index (χ0) is 15.0. The van der Waals surface area contributed by atoms with Gasteiger partial charge in [0.05, 0.1) is 11.1 Å². The summed E-state index contributed by atoms with van der Waals surface area (Å²) in [5.41, 5.74) is 0.176. The van der Waals surface area contributed by atoms with Gasteiger partial charge in [-0.25, -0.2) is 19.2 Å². The molecule has 0 atom stereocenters. The third-order valence-electron chi connectivity index (χ3n) is 2.29. The molecule has 0 aliphatic carbocycles. The van der Waals surface area contributed by atoms with Crippen LogP contribution in [0.15, 0.2) is 28.5 Å². The summed E-state index contributed by atoms with van der Waals surface area (Å²) in [6, 6.07) is 4.38. The predicted molar refractivity (Wildman–Crippen MR) is 62.9 cm³/mol. The maximum Gasteiger partial charge on any atom is 0.367 e. The van der Waals surface area contributed by atoms with E-state index in [4.69, 9.17) is 0 Å². The minimum absolute atomic E-state index is 0.125. The molecule has 0 aliphatic heterocycles. The van der Waals surface area contributed by atoms with Gasteiger partial charge in [0.25, 0.3) is 12.2 Å². The highest BCUT2D eigenvalue weighted by atomic mass is 16.7. The number of rotatable bonds is 5. The zero-order valence-electron chi connectivity index (χ0n) is 10.3. The number of benzene rings is 1. The summed E-state index contributed by atoms with van der Waals surface area (Å²) in [5.74, 6) is -2.06. The van der Waals surface area contributed by atoms with Crippen LogP contribution in [0.25, 0.3) is 0 Å². The molecular formula is C12H8N2O6. The van der Waals surface area contributed by atoms with Crippen molar-refractivity contribution in [2.45, 2.75) is 13.3 Å². The minimum atomic E-state index is -1.04. The van der Waals surface area contributed by atoms with Crippen molar-refractivity contribution in [3.8, 4) is 0 Å². The van der Waals surface area contributed by atoms with E-state index in [2.05, 4.69) is 20.0 Å². The van der Waals surface area contributed by atoms with Crippen molar-refractivity contribution >= 4 is 24.1 Å². The Bertz CT molecular complexity index is 627. The Kier molecular flexibility index (Phi) is 5.52. The van der Waals surface area contributed by atoms with Gasteiger partial charge in [0.1, 0.15) is 0 Å². The molecule has 8 nitrogen and oxygen atoms in total. The van der Waals surface area contributed by atoms with Gasteiger partial charge in [-0.1, -0.05) is 19.1 Å². The molecule has 0 amide bonds. The summed E-state index contributed by atoms with van der Waals surface area (Å²) in [4.78, 5) is 51.8. The van der Waals surface area contributed by atoms with Crippen molar-refractivity contribution in [1.29, 1.82) is 0 Å². The Morgan fingerprint density at radius 1 is 1.10 bits per heavy atom. The molecule has 0 saturated carbocycles. The highest BCUT2D eigenvalue weighted by molar-refractivity contribution is 6.04. The van der Waals surface area contributed by atoms with E-state index in [9.17, 15) is 19.2 Å². The number of nitrogens with zero attached hydrogens (tertiary/aromatic N) is 2. The molecule has 1 rings (SSSR count). The minimum Gasteiger partial charge on any atom is -0.301 e. The van der Waals surface area contributed by atoms with Gasteiger partial charge < -0.3 is 9.68 Å². The van der Waals surface area contributed by atoms with Crippen LogP contribution in [0.1, 0.15) is 33.2 Å². The number of hydrogen-bond donors (Lipinski definition) is 0. The van der Waals surface area contributed by atoms with E-state index < -0.39 is 11.9 Å². The number of aryl methyl sites for hydroxylation is 1. The van der Waals surface area contributed by atoms with Crippen molar-refractivity contribution in [2.75, 3.05) is 0 Å². The molecule has 0 N–H and O–H groups in total. The maximum absolute atomic E-state index is 11.8. The van der Waals surface area contributed by atoms with Crippen LogP contribution in [0.4, 0.5) is 0 Å². The third-order valence-corrected chi connectivity index (χ3v) is 2.29. The van der Waals surface area contributed by atoms with Gasteiger partial charge in [-0.15, -0.1) is 0 Å². The Balaban J connectivity index is 3.29. The standard InChI is InChI=1S/C12H8N2O6/c1-2-8-4-3-5-9(11(17)19-13-6-15)10(8)12(18)20-14-7-16/h3-5H,2H2,1H3. The van der Waals surface area contributed by atoms with Gasteiger partial charge in [-0.2, -0.15) is 0 Å². The quantitative estimate of drug-likeness (QED) is 0.344. The highest BCUT2D eigenvalue weighted by Gasteiger charge is 2.23. The monoisotopic (exact) mass is 276 g/mol. The molecule has 0 spiro atoms. The van der Waals surface area contributed by atoms with Gasteiger partial charge in [0, 0.05) is 10.3 Å². The van der Waals surface area contributed by atoms with Crippen molar-refractivity contribution in [2.24, 2.45) is 10.3 Å². The van der Waals surface area contributed by atoms with Crippen LogP contribution in [0, 0.1) is 0 Å². The van der Waals surface area contributed by atoms with Crippen LogP contribution in [-0.4, -0.2) is 24.1 Å². The van der Waals surface area contributed by atoms with E-state index >= 15 is 0 Å². The van der Waals surface area contributed by atoms with Crippen LogP contribution in [0.5, 0.6) is 0 Å². The van der Waals surface area contributed by atoms with Gasteiger partial charge >= 0.3 is 11.9 Å². The van der Waals surface area contributed by atoms with E-state index in [-0.39, 0.29) is 11.1 Å². The van der Waals surface area contributed by atoms with E-state index in [0.717, 1.165) is 12.2 Å². The summed E-state index contributed by atoms with van der Waals surface area (Å²) >= 11 is 0. The van der Waals surface area contributed by atoms with Gasteiger partial charge in [-0.05, 0) is 18.1 Å². The molecule has 0 radical (unpaired) electrons. The van der Waals surface area contributed by atoms with E-state index in [0.29, 0.717) is 12.0 Å². The first kappa shape index (κ1) is 15.0. The fourth-order valence-corrected chi connectivity index (χ4v) is 1.52. The molecule has 0 aliphatic rings. The van der Waals surface area contributed by atoms with Crippen LogP contribution < -0.4 is 0 Å². The Hall–Kier alpha value is -3.08. The molecule has 1 aromatic carbocycles. The first-order valence-corrected chi connectivity index (χ1v) is 5.34. The lowest BCUT2D eigenvalue weighted by atomic mass is 9.99. The van der Waals surface area contributed by atoms with Gasteiger partial charge in [0.15, 0.2) is 0 Å². The molecular weight excluding hydrogens is 268 g/mol. The Morgan fingerprint density at radius 2 is 1.70 bits per heavy atom. The zero-order valence-corrected chi connectivity index (χ0v) is 10.3. The molecule has 0 heterocycles. The molecule has 0 unspecified atom stereocenters. The lowest BCUT2D eigenvalue weighted by Gasteiger charge is -2.08. The van der Waals surface area contributed by atoms with Crippen molar-refractivity contribution in [1.82, 2.24) is 0 Å². The number of carbonyl (C=O) groups excluding carboxylic acids is 4. The van der Waals surface area contributed by atoms with Crippen LogP contribution in [-0.2, 0) is 25.7 Å². The first-order chi connectivity index (χ1) is 9.65. The van der Waals surface area contributed by atoms with Crippen molar-refractivity contribution in [3.63, 3.8) is 0 Å². The second kappa shape index (κ2) is 7.38. The van der Waals surface area contributed by atoms with E-state index in [1.807, 2.05) is 0 Å². The third kappa shape index (κ3) is 3.46. The average molecular weight is 276 g/mol. The molecule has 0 saturated heterocycles. The molecule has 0 aromatic heterocycles. The summed E-state index contributed by atoms with van der Waals surface area (Å²) in [5, 5.41) is 5.37. The van der Waals surface area contributed by atoms with Crippen molar-refractivity contribution in [3.05, 3.63) is 34.9 Å². The summed E-state index contributed by atoms with van der Waals surface area (Å²) < 4.78 is 0. The normalized spacial score (nSPS) is 8.85. The van der Waals surface area contributed by atoms with Crippen LogP contribution >= 0.6 is 0 Å². The summed E-state index contributed by atoms with van der Waals surface area (Å²) in [6.45, 7) is 1.74. The average Bonchev–Trinajstić information content (AvgIpc) is 2.49. The van der Waals surface area contributed by atoms with Gasteiger partial charge in [0.2, 0.25) is 0 Å². The molecule has 102 valence electrons. The second-order valence-corrected chi connectivity index (χ2v) is 3.32. The van der Waals surface area contributed by atoms with E-state index in [1.54, 1.807) is 13.0 Å². The smallest absolute Gasteiger partial charge is 0.301 e. The Morgan fingerprint density at radius 3 is 2.25 bits per heavy atom. The Labute approximate surface area is 112 Å². The largest absolute Gasteiger partial charge is 0.367 e. The number of carbonyl (C=O) groups is 2. The van der Waals surface area contributed by atoms with Crippen LogP contribution in [0.3, 0.4) is 0 Å². The predicted octanol–water partition coefficient (Wildman–Crippen LogP) is 1.06. The molecule has 0 fully saturated rings. The number of hydrogen-bond acceptors (Lipinski definition) is 8. The lowest BCUT2D eigenvalue weighted by molar-refractivity contribution is 0.0468. The molecule has 20 heavy (non-hydrogen) atoms. The molecule has 8 heteroatoms. The molecule has 0 bridgehead atoms. The van der Waals surface area contributed by atoms with E-state index in [1.165, 1.54) is 12.1 Å². The number of isocyanates is 2. The topological polar surface area (TPSA) is 111 Å². The van der Waals surface area contributed by atoms with Crippen LogP contribution in [0.2, 0.25) is 0 Å². The lowest BCUT2D eigenvalue weighted by Crippen LogP contribution is -2.14. The van der Waals surface area contributed by atoms with Gasteiger partial charge in [-0.3, -0.25) is 0 Å². The molecule has 1 aromatic rings. The fraction of sp³-hybridized carbons (Fsp3) is 0.167. The summed E-state index contributed by atoms with van der Waals surface area (Å²) in [6.07, 6.45) is 2.47.